The van der Waals surface area contributed by atoms with E-state index >= 15 is 0 Å². The average molecular weight is 269 g/mol. The van der Waals surface area contributed by atoms with E-state index in [1.54, 1.807) is 0 Å². The number of benzene rings is 1. The second-order valence-corrected chi connectivity index (χ2v) is 5.00. The summed E-state index contributed by atoms with van der Waals surface area (Å²) in [5.74, 6) is 0.798. The van der Waals surface area contributed by atoms with Crippen LogP contribution in [0.15, 0.2) is 42.5 Å². The summed E-state index contributed by atoms with van der Waals surface area (Å²) >= 11 is 0. The fourth-order valence-electron chi connectivity index (χ4n) is 2.26. The summed E-state index contributed by atoms with van der Waals surface area (Å²) in [5.41, 5.74) is 3.32. The first-order valence-corrected chi connectivity index (χ1v) is 6.50. The van der Waals surface area contributed by atoms with Crippen LogP contribution in [0.1, 0.15) is 23.0 Å². The molecule has 2 aromatic rings. The van der Waals surface area contributed by atoms with Crippen LogP contribution in [0.3, 0.4) is 0 Å². The molecule has 0 saturated heterocycles. The zero-order valence-electron chi connectivity index (χ0n) is 12.1. The van der Waals surface area contributed by atoms with E-state index < -0.39 is 0 Å². The molecule has 0 unspecified atom stereocenters. The SMILES string of the molecule is C=C(C)CN(C)c1c(C=O)c(C)nn1-c1ccccc1. The number of anilines is 1. The molecule has 4 nitrogen and oxygen atoms in total. The lowest BCUT2D eigenvalue weighted by Gasteiger charge is -2.21. The van der Waals surface area contributed by atoms with Crippen LogP contribution in [-0.2, 0) is 0 Å². The predicted molar refractivity (Wildman–Crippen MR) is 81.8 cm³/mol. The molecule has 0 aliphatic rings. The Balaban J connectivity index is 2.58. The van der Waals surface area contributed by atoms with Gasteiger partial charge in [-0.15, -0.1) is 0 Å². The number of aryl methyl sites for hydroxylation is 1. The van der Waals surface area contributed by atoms with E-state index in [1.165, 1.54) is 0 Å². The molecule has 0 radical (unpaired) electrons. The van der Waals surface area contributed by atoms with Gasteiger partial charge in [-0.1, -0.05) is 30.4 Å². The van der Waals surface area contributed by atoms with Crippen LogP contribution in [0.25, 0.3) is 5.69 Å². The van der Waals surface area contributed by atoms with E-state index in [2.05, 4.69) is 11.7 Å². The van der Waals surface area contributed by atoms with Gasteiger partial charge in [0.05, 0.1) is 16.9 Å². The maximum absolute atomic E-state index is 11.4. The summed E-state index contributed by atoms with van der Waals surface area (Å²) < 4.78 is 1.81. The van der Waals surface area contributed by atoms with Gasteiger partial charge < -0.3 is 4.90 Å². The lowest BCUT2D eigenvalue weighted by Crippen LogP contribution is -2.23. The van der Waals surface area contributed by atoms with Crippen LogP contribution in [0.2, 0.25) is 0 Å². The highest BCUT2D eigenvalue weighted by atomic mass is 16.1. The largest absolute Gasteiger partial charge is 0.355 e. The molecule has 0 saturated carbocycles. The summed E-state index contributed by atoms with van der Waals surface area (Å²) in [4.78, 5) is 13.4. The van der Waals surface area contributed by atoms with E-state index in [4.69, 9.17) is 0 Å². The highest BCUT2D eigenvalue weighted by Gasteiger charge is 2.19. The fourth-order valence-corrected chi connectivity index (χ4v) is 2.26. The smallest absolute Gasteiger partial charge is 0.155 e. The monoisotopic (exact) mass is 269 g/mol. The van der Waals surface area contributed by atoms with Crippen LogP contribution >= 0.6 is 0 Å². The van der Waals surface area contributed by atoms with Crippen molar-refractivity contribution in [2.45, 2.75) is 13.8 Å². The van der Waals surface area contributed by atoms with Gasteiger partial charge in [0, 0.05) is 13.6 Å². The molecule has 0 amide bonds. The Bertz CT molecular complexity index is 629. The Morgan fingerprint density at radius 3 is 2.60 bits per heavy atom. The Kier molecular flexibility index (Phi) is 4.03. The normalized spacial score (nSPS) is 10.3. The topological polar surface area (TPSA) is 38.1 Å². The van der Waals surface area contributed by atoms with Crippen molar-refractivity contribution in [3.63, 3.8) is 0 Å². The molecule has 0 aliphatic carbocycles. The second kappa shape index (κ2) is 5.74. The number of para-hydroxylation sites is 1. The molecule has 1 aromatic heterocycles. The number of hydrogen-bond acceptors (Lipinski definition) is 3. The molecule has 0 atom stereocenters. The first kappa shape index (κ1) is 14.1. The van der Waals surface area contributed by atoms with Gasteiger partial charge in [-0.05, 0) is 26.0 Å². The first-order valence-electron chi connectivity index (χ1n) is 6.50. The third kappa shape index (κ3) is 2.64. The number of carbonyl (C=O) groups is 1. The molecule has 1 heterocycles. The van der Waals surface area contributed by atoms with Gasteiger partial charge in [0.2, 0.25) is 0 Å². The van der Waals surface area contributed by atoms with Crippen LogP contribution in [0.5, 0.6) is 0 Å². The summed E-state index contributed by atoms with van der Waals surface area (Å²) in [5, 5.41) is 4.49. The van der Waals surface area contributed by atoms with Crippen molar-refractivity contribution in [2.24, 2.45) is 0 Å². The minimum Gasteiger partial charge on any atom is -0.355 e. The van der Waals surface area contributed by atoms with Crippen LogP contribution in [-0.4, -0.2) is 29.7 Å². The van der Waals surface area contributed by atoms with E-state index in [1.807, 2.05) is 60.8 Å². The molecule has 0 N–H and O–H groups in total. The fraction of sp³-hybridized carbons (Fsp3) is 0.250. The molecule has 2 rings (SSSR count). The van der Waals surface area contributed by atoms with E-state index in [0.717, 1.165) is 29.1 Å². The molecule has 0 bridgehead atoms. The molecule has 1 aromatic carbocycles. The number of carbonyl (C=O) groups excluding carboxylic acids is 1. The van der Waals surface area contributed by atoms with E-state index in [9.17, 15) is 4.79 Å². The molecule has 0 fully saturated rings. The summed E-state index contributed by atoms with van der Waals surface area (Å²) in [6.45, 7) is 8.42. The zero-order valence-corrected chi connectivity index (χ0v) is 12.1. The Labute approximate surface area is 119 Å². The molecule has 4 heteroatoms. The molecular formula is C16H19N3O. The summed E-state index contributed by atoms with van der Waals surface area (Å²) in [7, 11) is 1.94. The van der Waals surface area contributed by atoms with Crippen LogP contribution in [0, 0.1) is 6.92 Å². The Morgan fingerprint density at radius 2 is 2.05 bits per heavy atom. The van der Waals surface area contributed by atoms with Crippen molar-refractivity contribution >= 4 is 12.1 Å². The third-order valence-corrected chi connectivity index (χ3v) is 3.07. The van der Waals surface area contributed by atoms with Gasteiger partial charge >= 0.3 is 0 Å². The predicted octanol–water partition coefficient (Wildman–Crippen LogP) is 3.01. The average Bonchev–Trinajstić information content (AvgIpc) is 2.75. The van der Waals surface area contributed by atoms with Gasteiger partial charge in [0.25, 0.3) is 0 Å². The van der Waals surface area contributed by atoms with Crippen molar-refractivity contribution < 1.29 is 4.79 Å². The van der Waals surface area contributed by atoms with Crippen molar-refractivity contribution in [1.29, 1.82) is 0 Å². The minimum absolute atomic E-state index is 0.623. The van der Waals surface area contributed by atoms with Gasteiger partial charge in [0.15, 0.2) is 6.29 Å². The van der Waals surface area contributed by atoms with Crippen molar-refractivity contribution in [2.75, 3.05) is 18.5 Å². The lowest BCUT2D eigenvalue weighted by atomic mass is 10.2. The quantitative estimate of drug-likeness (QED) is 0.618. The molecule has 20 heavy (non-hydrogen) atoms. The first-order chi connectivity index (χ1) is 9.54. The Morgan fingerprint density at radius 1 is 1.40 bits per heavy atom. The molecule has 104 valence electrons. The molecular weight excluding hydrogens is 250 g/mol. The van der Waals surface area contributed by atoms with E-state index in [-0.39, 0.29) is 0 Å². The highest BCUT2D eigenvalue weighted by Crippen LogP contribution is 2.25. The number of hydrogen-bond donors (Lipinski definition) is 0. The number of rotatable bonds is 5. The third-order valence-electron chi connectivity index (χ3n) is 3.07. The summed E-state index contributed by atoms with van der Waals surface area (Å²) in [6, 6.07) is 9.81. The van der Waals surface area contributed by atoms with E-state index in [0.29, 0.717) is 12.1 Å². The van der Waals surface area contributed by atoms with Crippen molar-refractivity contribution in [3.05, 3.63) is 53.7 Å². The maximum atomic E-state index is 11.4. The number of likely N-dealkylation sites (N-methyl/N-ethyl adjacent to an activating group) is 1. The highest BCUT2D eigenvalue weighted by molar-refractivity contribution is 5.85. The standard InChI is InChI=1S/C16H19N3O/c1-12(2)10-18(4)16-15(11-20)13(3)17-19(16)14-8-6-5-7-9-14/h5-9,11H,1,10H2,2-4H3. The molecule has 0 spiro atoms. The van der Waals surface area contributed by atoms with Crippen molar-refractivity contribution in [3.8, 4) is 5.69 Å². The van der Waals surface area contributed by atoms with Gasteiger partial charge in [-0.25, -0.2) is 4.68 Å². The van der Waals surface area contributed by atoms with Crippen molar-refractivity contribution in [1.82, 2.24) is 9.78 Å². The Hall–Kier alpha value is -2.36. The lowest BCUT2D eigenvalue weighted by molar-refractivity contribution is 0.112. The zero-order chi connectivity index (χ0) is 14.7. The number of nitrogens with zero attached hydrogens (tertiary/aromatic N) is 3. The van der Waals surface area contributed by atoms with Crippen LogP contribution in [0.4, 0.5) is 5.82 Å². The number of aromatic nitrogens is 2. The second-order valence-electron chi connectivity index (χ2n) is 5.00. The number of aldehydes is 1. The van der Waals surface area contributed by atoms with Gasteiger partial charge in [0.1, 0.15) is 5.82 Å². The maximum Gasteiger partial charge on any atom is 0.155 e. The molecule has 0 aliphatic heterocycles. The minimum atomic E-state index is 0.623. The van der Waals surface area contributed by atoms with Crippen LogP contribution < -0.4 is 4.90 Å². The van der Waals surface area contributed by atoms with Gasteiger partial charge in [-0.3, -0.25) is 4.79 Å². The van der Waals surface area contributed by atoms with Gasteiger partial charge in [-0.2, -0.15) is 5.10 Å². The summed E-state index contributed by atoms with van der Waals surface area (Å²) in [6.07, 6.45) is 0.867.